The maximum absolute atomic E-state index is 4.69. The molecule has 0 bridgehead atoms. The number of hydrogen-bond acceptors (Lipinski definition) is 1. The summed E-state index contributed by atoms with van der Waals surface area (Å²) < 4.78 is 0. The van der Waals surface area contributed by atoms with Crippen LogP contribution in [0, 0.1) is 6.92 Å². The smallest absolute Gasteiger partial charge is 0.0747 e. The number of rotatable bonds is 0. The second kappa shape index (κ2) is 3.10. The lowest BCUT2D eigenvalue weighted by Gasteiger charge is -2.14. The van der Waals surface area contributed by atoms with E-state index < -0.39 is 0 Å². The molecular weight excluding hydrogens is 189 g/mol. The molecule has 0 saturated carbocycles. The maximum Gasteiger partial charge on any atom is 0.0747 e. The van der Waals surface area contributed by atoms with Gasteiger partial charge in [-0.3, -0.25) is 0 Å². The van der Waals surface area contributed by atoms with Crippen LogP contribution in [0.25, 0.3) is 10.6 Å². The van der Waals surface area contributed by atoms with Crippen LogP contribution in [0.1, 0.15) is 31.8 Å². The van der Waals surface area contributed by atoms with E-state index in [-0.39, 0.29) is 5.41 Å². The second-order valence-electron chi connectivity index (χ2n) is 4.86. The fourth-order valence-corrected chi connectivity index (χ4v) is 2.85. The minimum Gasteiger partial charge on any atom is -0.248 e. The van der Waals surface area contributed by atoms with Crippen molar-refractivity contribution in [3.8, 4) is 0 Å². The van der Waals surface area contributed by atoms with Crippen molar-refractivity contribution < 1.29 is 0 Å². The van der Waals surface area contributed by atoms with Crippen molar-refractivity contribution in [1.29, 1.82) is 0 Å². The molecule has 2 rings (SSSR count). The summed E-state index contributed by atoms with van der Waals surface area (Å²) in [4.78, 5) is 4.69. The maximum atomic E-state index is 4.69. The van der Waals surface area contributed by atoms with E-state index in [1.165, 1.54) is 21.6 Å². The van der Waals surface area contributed by atoms with Crippen molar-refractivity contribution in [2.75, 3.05) is 0 Å². The molecule has 0 spiro atoms. The Labute approximate surface area is 86.6 Å². The van der Waals surface area contributed by atoms with Crippen LogP contribution >= 0.6 is 8.19 Å². The minimum atomic E-state index is 0.214. The van der Waals surface area contributed by atoms with Gasteiger partial charge < -0.3 is 0 Å². The number of aromatic nitrogens is 1. The van der Waals surface area contributed by atoms with Gasteiger partial charge in [0.05, 0.1) is 10.9 Å². The molecule has 0 saturated heterocycles. The normalized spacial score (nSPS) is 12.9. The molecule has 1 heterocycles. The van der Waals surface area contributed by atoms with E-state index in [2.05, 4.69) is 45.9 Å². The van der Waals surface area contributed by atoms with Crippen molar-refractivity contribution in [3.05, 3.63) is 29.2 Å². The molecule has 2 aromatic rings. The molecule has 0 aliphatic rings. The highest BCUT2D eigenvalue weighted by molar-refractivity contribution is 7.37. The van der Waals surface area contributed by atoms with E-state index in [4.69, 9.17) is 4.98 Å². The highest BCUT2D eigenvalue weighted by atomic mass is 31.0. The van der Waals surface area contributed by atoms with E-state index >= 15 is 0 Å². The largest absolute Gasteiger partial charge is 0.248 e. The number of benzene rings is 1. The first kappa shape index (κ1) is 9.73. The van der Waals surface area contributed by atoms with Crippen LogP contribution < -0.4 is 0 Å². The summed E-state index contributed by atoms with van der Waals surface area (Å²) in [5.74, 6) is 0. The molecule has 1 atom stereocenters. The molecule has 1 nitrogen and oxygen atoms in total. The van der Waals surface area contributed by atoms with Gasteiger partial charge in [-0.15, -0.1) is 8.19 Å². The SMILES string of the molecule is Cc1ccc2nc(C(C)(C)C)[pH]c2c1. The van der Waals surface area contributed by atoms with Crippen LogP contribution in [0.15, 0.2) is 18.2 Å². The Morgan fingerprint density at radius 3 is 2.57 bits per heavy atom. The van der Waals surface area contributed by atoms with Crippen LogP contribution in [-0.4, -0.2) is 4.98 Å². The molecule has 1 aromatic carbocycles. The summed E-state index contributed by atoms with van der Waals surface area (Å²) in [5, 5.41) is 1.41. The third-order valence-corrected chi connectivity index (χ3v) is 4.12. The Kier molecular flexibility index (Phi) is 2.16. The molecule has 0 fully saturated rings. The highest BCUT2D eigenvalue weighted by Gasteiger charge is 2.17. The molecule has 1 aromatic heterocycles. The minimum absolute atomic E-state index is 0.214. The van der Waals surface area contributed by atoms with Gasteiger partial charge in [-0.1, -0.05) is 32.4 Å². The number of fused-ring (bicyclic) bond motifs is 1. The van der Waals surface area contributed by atoms with E-state index in [1.807, 2.05) is 0 Å². The fraction of sp³-hybridized carbons (Fsp3) is 0.417. The first-order valence-electron chi connectivity index (χ1n) is 4.94. The van der Waals surface area contributed by atoms with E-state index in [0.717, 1.165) is 8.19 Å². The predicted molar refractivity (Wildman–Crippen MR) is 64.7 cm³/mol. The fourth-order valence-electron chi connectivity index (χ4n) is 1.48. The lowest BCUT2D eigenvalue weighted by molar-refractivity contribution is 0.587. The topological polar surface area (TPSA) is 12.9 Å². The Morgan fingerprint density at radius 2 is 1.93 bits per heavy atom. The van der Waals surface area contributed by atoms with E-state index in [9.17, 15) is 0 Å². The Hall–Kier alpha value is -0.810. The van der Waals surface area contributed by atoms with Crippen LogP contribution in [0.4, 0.5) is 0 Å². The van der Waals surface area contributed by atoms with Gasteiger partial charge in [0.2, 0.25) is 0 Å². The summed E-state index contributed by atoms with van der Waals surface area (Å²) in [6.07, 6.45) is 0. The molecule has 0 N–H and O–H groups in total. The molecule has 1 unspecified atom stereocenters. The molecule has 2 heteroatoms. The number of nitrogens with zero attached hydrogens (tertiary/aromatic N) is 1. The average Bonchev–Trinajstić information content (AvgIpc) is 2.45. The average molecular weight is 205 g/mol. The first-order valence-corrected chi connectivity index (χ1v) is 5.94. The quantitative estimate of drug-likeness (QED) is 0.636. The van der Waals surface area contributed by atoms with Gasteiger partial charge in [0.1, 0.15) is 0 Å². The molecular formula is C12H16NP. The van der Waals surface area contributed by atoms with Crippen molar-refractivity contribution in [1.82, 2.24) is 4.98 Å². The molecule has 0 aliphatic heterocycles. The highest BCUT2D eigenvalue weighted by Crippen LogP contribution is 2.35. The molecule has 74 valence electrons. The van der Waals surface area contributed by atoms with Crippen molar-refractivity contribution in [2.45, 2.75) is 33.1 Å². The van der Waals surface area contributed by atoms with Gasteiger partial charge in [-0.25, -0.2) is 4.98 Å². The third kappa shape index (κ3) is 1.69. The van der Waals surface area contributed by atoms with Gasteiger partial charge >= 0.3 is 0 Å². The number of aryl methyl sites for hydroxylation is 1. The van der Waals surface area contributed by atoms with Gasteiger partial charge in [-0.05, 0) is 19.1 Å². The van der Waals surface area contributed by atoms with Crippen molar-refractivity contribution >= 4 is 18.8 Å². The van der Waals surface area contributed by atoms with Crippen LogP contribution in [0.2, 0.25) is 0 Å². The summed E-state index contributed by atoms with van der Waals surface area (Å²) in [6, 6.07) is 6.53. The summed E-state index contributed by atoms with van der Waals surface area (Å²) in [6.45, 7) is 8.84. The Morgan fingerprint density at radius 1 is 1.21 bits per heavy atom. The molecule has 14 heavy (non-hydrogen) atoms. The Balaban J connectivity index is 2.63. The van der Waals surface area contributed by atoms with Crippen molar-refractivity contribution in [2.24, 2.45) is 0 Å². The standard InChI is InChI=1S/C12H16NP/c1-8-5-6-9-10(7-8)14-11(13-9)12(2,3)4/h5-7,14H,1-4H3. The molecule has 0 aliphatic carbocycles. The van der Waals surface area contributed by atoms with E-state index in [1.54, 1.807) is 0 Å². The summed E-state index contributed by atoms with van der Waals surface area (Å²) in [5.41, 5.74) is 4.06. The zero-order valence-electron chi connectivity index (χ0n) is 9.18. The lowest BCUT2D eigenvalue weighted by Crippen LogP contribution is -2.09. The van der Waals surface area contributed by atoms with Gasteiger partial charge in [-0.2, -0.15) is 0 Å². The first-order chi connectivity index (χ1) is 6.47. The monoisotopic (exact) mass is 205 g/mol. The number of hydrogen-bond donors (Lipinski definition) is 0. The van der Waals surface area contributed by atoms with E-state index in [0.29, 0.717) is 0 Å². The van der Waals surface area contributed by atoms with Crippen LogP contribution in [0.5, 0.6) is 0 Å². The predicted octanol–water partition coefficient (Wildman–Crippen LogP) is 3.87. The molecule has 0 amide bonds. The summed E-state index contributed by atoms with van der Waals surface area (Å²) in [7, 11) is 0.769. The third-order valence-electron chi connectivity index (χ3n) is 2.35. The summed E-state index contributed by atoms with van der Waals surface area (Å²) >= 11 is 0. The van der Waals surface area contributed by atoms with Crippen LogP contribution in [0.3, 0.4) is 0 Å². The van der Waals surface area contributed by atoms with Crippen molar-refractivity contribution in [3.63, 3.8) is 0 Å². The zero-order valence-corrected chi connectivity index (χ0v) is 10.2. The molecule has 0 radical (unpaired) electrons. The van der Waals surface area contributed by atoms with Gasteiger partial charge in [0.15, 0.2) is 0 Å². The lowest BCUT2D eigenvalue weighted by atomic mass is 9.98. The van der Waals surface area contributed by atoms with Gasteiger partial charge in [0.25, 0.3) is 0 Å². The zero-order chi connectivity index (χ0) is 10.3. The van der Waals surface area contributed by atoms with Crippen LogP contribution in [-0.2, 0) is 5.41 Å². The van der Waals surface area contributed by atoms with Gasteiger partial charge in [0, 0.05) is 10.5 Å². The second-order valence-corrected chi connectivity index (χ2v) is 6.12. The Bertz CT molecular complexity index is 463.